The fourth-order valence-corrected chi connectivity index (χ4v) is 0.580. The Balaban J connectivity index is 0.000001000. The molecule has 0 aliphatic carbocycles. The van der Waals surface area contributed by atoms with E-state index in [0.717, 1.165) is 5.71 Å². The molecule has 1 rings (SSSR count). The van der Waals surface area contributed by atoms with Crippen molar-refractivity contribution < 1.29 is 29.6 Å². The molecule has 0 saturated heterocycles. The predicted octanol–water partition coefficient (Wildman–Crippen LogP) is -2.42. The molecule has 0 spiro atoms. The van der Waals surface area contributed by atoms with Crippen molar-refractivity contribution in [2.24, 2.45) is 5.10 Å². The van der Waals surface area contributed by atoms with E-state index in [1.165, 1.54) is 4.79 Å². The van der Waals surface area contributed by atoms with Crippen molar-refractivity contribution in [2.45, 2.75) is 13.8 Å². The van der Waals surface area contributed by atoms with Crippen molar-refractivity contribution in [2.75, 3.05) is 0 Å². The van der Waals surface area contributed by atoms with Gasteiger partial charge >= 0.3 is 29.6 Å². The van der Waals surface area contributed by atoms with Crippen molar-refractivity contribution >= 4 is 17.9 Å². The van der Waals surface area contributed by atoms with Crippen molar-refractivity contribution in [3.63, 3.8) is 0 Å². The van der Waals surface area contributed by atoms with Gasteiger partial charge in [-0.25, -0.2) is 0 Å². The van der Waals surface area contributed by atoms with Crippen LogP contribution in [0.1, 0.15) is 13.8 Å². The van der Waals surface area contributed by atoms with Crippen molar-refractivity contribution in [1.29, 1.82) is 0 Å². The minimum atomic E-state index is 0. The molecule has 1 N–H and O–H groups in total. The Bertz CT molecular complexity index is 295. The van der Waals surface area contributed by atoms with Crippen LogP contribution in [0, 0.1) is 4.77 Å². The molecule has 0 aliphatic rings. The monoisotopic (exact) mass is 180 g/mol. The van der Waals surface area contributed by atoms with Gasteiger partial charge < -0.3 is 0 Å². The van der Waals surface area contributed by atoms with E-state index in [1.54, 1.807) is 0 Å². The minimum Gasteiger partial charge on any atom is -0.176 e. The predicted molar refractivity (Wildman–Crippen MR) is 39.4 cm³/mol. The average molecular weight is 180 g/mol. The molecular weight excluding hydrogens is 173 g/mol. The first kappa shape index (κ1) is 11.0. The maximum atomic E-state index is 4.75. The summed E-state index contributed by atoms with van der Waals surface area (Å²) in [7, 11) is 0. The molecule has 0 aliphatic heterocycles. The molecule has 0 aromatic carbocycles. The third-order valence-electron chi connectivity index (χ3n) is 0.756. The summed E-state index contributed by atoms with van der Waals surface area (Å²) in [4.78, 5) is 1.34. The van der Waals surface area contributed by atoms with Crippen LogP contribution in [0.4, 0.5) is 0 Å². The van der Waals surface area contributed by atoms with Crippen LogP contribution in [-0.2, 0) is 0 Å². The van der Waals surface area contributed by atoms with Crippen molar-refractivity contribution in [1.82, 2.24) is 20.3 Å². The van der Waals surface area contributed by atoms with Gasteiger partial charge in [0.1, 0.15) is 0 Å². The van der Waals surface area contributed by atoms with Gasteiger partial charge in [0.05, 0.1) is 0 Å². The van der Waals surface area contributed by atoms with Gasteiger partial charge in [-0.3, -0.25) is 0 Å². The first-order valence-corrected chi connectivity index (χ1v) is 3.13. The Labute approximate surface area is 91.1 Å². The Morgan fingerprint density at radius 1 is 1.64 bits per heavy atom. The van der Waals surface area contributed by atoms with Gasteiger partial charge in [-0.1, -0.05) is 5.10 Å². The molecule has 5 nitrogen and oxygen atoms in total. The second-order valence-electron chi connectivity index (χ2n) is 1.94. The van der Waals surface area contributed by atoms with Gasteiger partial charge in [0.2, 0.25) is 0 Å². The van der Waals surface area contributed by atoms with E-state index in [4.69, 9.17) is 12.2 Å². The SMILES string of the molecule is CC(C)=Nn1[nH]nnc1=S.[Na+]. The summed E-state index contributed by atoms with van der Waals surface area (Å²) in [5.41, 5.74) is 0.891. The molecule has 1 heterocycles. The molecule has 7 heteroatoms. The summed E-state index contributed by atoms with van der Waals surface area (Å²) in [5, 5.41) is 13.5. The van der Waals surface area contributed by atoms with Crippen LogP contribution in [0.5, 0.6) is 0 Å². The summed E-state index contributed by atoms with van der Waals surface area (Å²) in [6, 6.07) is 0. The van der Waals surface area contributed by atoms with Crippen LogP contribution in [-0.4, -0.2) is 26.0 Å². The number of aromatic nitrogens is 4. The Kier molecular flexibility index (Phi) is 4.74. The van der Waals surface area contributed by atoms with Crippen LogP contribution in [0.2, 0.25) is 0 Å². The van der Waals surface area contributed by atoms with E-state index in [2.05, 4.69) is 20.6 Å². The number of aromatic amines is 1. The van der Waals surface area contributed by atoms with E-state index in [-0.39, 0.29) is 29.6 Å². The number of nitrogens with zero attached hydrogens (tertiary/aromatic N) is 4. The van der Waals surface area contributed by atoms with Crippen LogP contribution >= 0.6 is 12.2 Å². The van der Waals surface area contributed by atoms with Crippen molar-refractivity contribution in [3.05, 3.63) is 4.77 Å². The molecular formula is C4H7N5NaS+. The first-order chi connectivity index (χ1) is 4.70. The van der Waals surface area contributed by atoms with E-state index >= 15 is 0 Å². The van der Waals surface area contributed by atoms with Gasteiger partial charge in [-0.2, -0.15) is 10.3 Å². The van der Waals surface area contributed by atoms with E-state index in [9.17, 15) is 0 Å². The number of hydrogen-bond acceptors (Lipinski definition) is 4. The van der Waals surface area contributed by atoms with Crippen LogP contribution < -0.4 is 29.6 Å². The molecule has 1 aromatic rings. The topological polar surface area (TPSA) is 58.9 Å². The standard InChI is InChI=1S/C4H7N5S.Na/c1-3(2)6-9-4(10)5-7-8-9;/h1-2H3,(H,5,8,10);/q;+1. The largest absolute Gasteiger partial charge is 1.00 e. The minimum absolute atomic E-state index is 0. The molecule has 54 valence electrons. The van der Waals surface area contributed by atoms with Gasteiger partial charge in [0.15, 0.2) is 0 Å². The zero-order valence-corrected chi connectivity index (χ0v) is 9.51. The van der Waals surface area contributed by atoms with E-state index in [1.807, 2.05) is 13.8 Å². The van der Waals surface area contributed by atoms with Gasteiger partial charge in [-0.05, 0) is 31.3 Å². The molecule has 0 amide bonds. The van der Waals surface area contributed by atoms with Crippen molar-refractivity contribution in [3.8, 4) is 0 Å². The number of tetrazole rings is 1. The van der Waals surface area contributed by atoms with Gasteiger partial charge in [0.25, 0.3) is 4.77 Å². The summed E-state index contributed by atoms with van der Waals surface area (Å²) in [6.07, 6.45) is 0. The molecule has 0 radical (unpaired) electrons. The third-order valence-corrected chi connectivity index (χ3v) is 1.01. The number of rotatable bonds is 1. The average Bonchev–Trinajstić information content (AvgIpc) is 2.15. The zero-order valence-electron chi connectivity index (χ0n) is 6.70. The smallest absolute Gasteiger partial charge is 0.176 e. The van der Waals surface area contributed by atoms with E-state index < -0.39 is 0 Å². The molecule has 0 bridgehead atoms. The molecule has 0 fully saturated rings. The third kappa shape index (κ3) is 3.24. The second-order valence-corrected chi connectivity index (χ2v) is 2.31. The van der Waals surface area contributed by atoms with E-state index in [0.29, 0.717) is 4.77 Å². The summed E-state index contributed by atoms with van der Waals surface area (Å²) in [5.74, 6) is 0. The van der Waals surface area contributed by atoms with Crippen LogP contribution in [0.15, 0.2) is 5.10 Å². The summed E-state index contributed by atoms with van der Waals surface area (Å²) >= 11 is 4.75. The molecule has 0 unspecified atom stereocenters. The fraction of sp³-hybridized carbons (Fsp3) is 0.500. The molecule has 0 saturated carbocycles. The Morgan fingerprint density at radius 2 is 2.27 bits per heavy atom. The Hall–Kier alpha value is -0.0400. The quantitative estimate of drug-likeness (QED) is 0.297. The zero-order chi connectivity index (χ0) is 7.56. The molecule has 0 atom stereocenters. The van der Waals surface area contributed by atoms with Crippen LogP contribution in [0.25, 0.3) is 0 Å². The summed E-state index contributed by atoms with van der Waals surface area (Å²) < 4.78 is 0.334. The Morgan fingerprint density at radius 3 is 2.64 bits per heavy atom. The number of hydrogen-bond donors (Lipinski definition) is 1. The van der Waals surface area contributed by atoms with Gasteiger partial charge in [0, 0.05) is 5.71 Å². The number of H-pyrrole nitrogens is 1. The second kappa shape index (κ2) is 4.76. The number of nitrogens with one attached hydrogen (secondary N) is 1. The van der Waals surface area contributed by atoms with Gasteiger partial charge in [-0.15, -0.1) is 4.79 Å². The first-order valence-electron chi connectivity index (χ1n) is 2.72. The maximum absolute atomic E-state index is 4.75. The van der Waals surface area contributed by atoms with Crippen LogP contribution in [0.3, 0.4) is 0 Å². The summed E-state index contributed by atoms with van der Waals surface area (Å²) in [6.45, 7) is 3.73. The molecule has 1 aromatic heterocycles. The fourth-order valence-electron chi connectivity index (χ4n) is 0.458. The normalized spacial score (nSPS) is 8.55. The molecule has 11 heavy (non-hydrogen) atoms. The maximum Gasteiger partial charge on any atom is 1.00 e.